The number of benzene rings is 1. The molecule has 0 saturated heterocycles. The summed E-state index contributed by atoms with van der Waals surface area (Å²) in [6, 6.07) is 8.87. The largest absolute Gasteiger partial charge is 0.394 e. The van der Waals surface area contributed by atoms with E-state index >= 15 is 0 Å². The molecule has 0 aromatic heterocycles. The van der Waals surface area contributed by atoms with Crippen LogP contribution in [0, 0.1) is 0 Å². The lowest BCUT2D eigenvalue weighted by atomic mass is 10.0. The molecule has 0 saturated carbocycles. The predicted octanol–water partition coefficient (Wildman–Crippen LogP) is 0.115. The topological polar surface area (TPSA) is 92.6 Å². The SMILES string of the molecule is CN(C(=O)C(N)Cc1ccccc1)C(CO)CCCN. The molecule has 0 spiro atoms. The fourth-order valence-electron chi connectivity index (χ4n) is 2.16. The number of carbonyl (C=O) groups is 1. The Morgan fingerprint density at radius 3 is 2.55 bits per heavy atom. The van der Waals surface area contributed by atoms with E-state index in [1.165, 1.54) is 0 Å². The maximum Gasteiger partial charge on any atom is 0.239 e. The number of carbonyl (C=O) groups excluding carboxylic acids is 1. The normalized spacial score (nSPS) is 13.8. The number of amides is 1. The Hall–Kier alpha value is -1.43. The summed E-state index contributed by atoms with van der Waals surface area (Å²) < 4.78 is 0. The van der Waals surface area contributed by atoms with Crippen LogP contribution in [0.25, 0.3) is 0 Å². The molecule has 0 aliphatic carbocycles. The molecule has 0 aliphatic rings. The predicted molar refractivity (Wildman–Crippen MR) is 80.1 cm³/mol. The van der Waals surface area contributed by atoms with Crippen LogP contribution in [0.1, 0.15) is 18.4 Å². The van der Waals surface area contributed by atoms with E-state index in [1.54, 1.807) is 11.9 Å². The smallest absolute Gasteiger partial charge is 0.239 e. The van der Waals surface area contributed by atoms with E-state index in [0.29, 0.717) is 19.4 Å². The van der Waals surface area contributed by atoms with Crippen LogP contribution in [0.3, 0.4) is 0 Å². The van der Waals surface area contributed by atoms with Crippen molar-refractivity contribution in [2.75, 3.05) is 20.2 Å². The number of hydrogen-bond donors (Lipinski definition) is 3. The second kappa shape index (κ2) is 8.68. The minimum Gasteiger partial charge on any atom is -0.394 e. The van der Waals surface area contributed by atoms with Crippen LogP contribution in [0.15, 0.2) is 30.3 Å². The van der Waals surface area contributed by atoms with E-state index in [2.05, 4.69) is 0 Å². The second-order valence-corrected chi connectivity index (χ2v) is 5.01. The molecule has 0 fully saturated rings. The van der Waals surface area contributed by atoms with Crippen molar-refractivity contribution in [3.05, 3.63) is 35.9 Å². The summed E-state index contributed by atoms with van der Waals surface area (Å²) >= 11 is 0. The summed E-state index contributed by atoms with van der Waals surface area (Å²) in [4.78, 5) is 13.8. The van der Waals surface area contributed by atoms with Crippen molar-refractivity contribution in [2.45, 2.75) is 31.3 Å². The van der Waals surface area contributed by atoms with Crippen LogP contribution in [-0.2, 0) is 11.2 Å². The van der Waals surface area contributed by atoms with Gasteiger partial charge in [0.05, 0.1) is 18.7 Å². The van der Waals surface area contributed by atoms with E-state index in [9.17, 15) is 9.90 Å². The highest BCUT2D eigenvalue weighted by atomic mass is 16.3. The molecule has 5 N–H and O–H groups in total. The minimum atomic E-state index is -0.589. The summed E-state index contributed by atoms with van der Waals surface area (Å²) in [5.74, 6) is -0.148. The van der Waals surface area contributed by atoms with Gasteiger partial charge in [-0.2, -0.15) is 0 Å². The van der Waals surface area contributed by atoms with Crippen LogP contribution in [0.4, 0.5) is 0 Å². The molecular weight excluding hydrogens is 254 g/mol. The van der Waals surface area contributed by atoms with Gasteiger partial charge in [-0.3, -0.25) is 4.79 Å². The maximum atomic E-state index is 12.3. The Kier molecular flexibility index (Phi) is 7.22. The first-order valence-electron chi connectivity index (χ1n) is 6.97. The van der Waals surface area contributed by atoms with E-state index in [0.717, 1.165) is 12.0 Å². The standard InChI is InChI=1S/C15H25N3O2/c1-18(13(11-19)8-5-9-16)15(20)14(17)10-12-6-3-2-4-7-12/h2-4,6-7,13-14,19H,5,8-11,16-17H2,1H3. The van der Waals surface area contributed by atoms with Crippen LogP contribution >= 0.6 is 0 Å². The first-order valence-corrected chi connectivity index (χ1v) is 6.97. The highest BCUT2D eigenvalue weighted by molar-refractivity contribution is 5.82. The highest BCUT2D eigenvalue weighted by Crippen LogP contribution is 2.09. The zero-order valence-electron chi connectivity index (χ0n) is 12.0. The Balaban J connectivity index is 2.58. The minimum absolute atomic E-state index is 0.0691. The number of likely N-dealkylation sites (N-methyl/N-ethyl adjacent to an activating group) is 1. The van der Waals surface area contributed by atoms with Gasteiger partial charge in [-0.25, -0.2) is 0 Å². The van der Waals surface area contributed by atoms with Gasteiger partial charge in [0.15, 0.2) is 0 Å². The van der Waals surface area contributed by atoms with Crippen molar-refractivity contribution >= 4 is 5.91 Å². The molecule has 5 heteroatoms. The highest BCUT2D eigenvalue weighted by Gasteiger charge is 2.23. The number of hydrogen-bond acceptors (Lipinski definition) is 4. The molecule has 2 unspecified atom stereocenters. The van der Waals surface area contributed by atoms with Gasteiger partial charge in [0.1, 0.15) is 0 Å². The summed E-state index contributed by atoms with van der Waals surface area (Å²) in [6.07, 6.45) is 1.96. The van der Waals surface area contributed by atoms with E-state index in [-0.39, 0.29) is 18.6 Å². The van der Waals surface area contributed by atoms with Crippen molar-refractivity contribution in [3.8, 4) is 0 Å². The lowest BCUT2D eigenvalue weighted by Gasteiger charge is -2.29. The molecule has 0 heterocycles. The molecule has 0 aliphatic heterocycles. The fraction of sp³-hybridized carbons (Fsp3) is 0.533. The zero-order valence-corrected chi connectivity index (χ0v) is 12.0. The molecule has 1 aromatic rings. The number of nitrogens with zero attached hydrogens (tertiary/aromatic N) is 1. The van der Waals surface area contributed by atoms with E-state index in [1.807, 2.05) is 30.3 Å². The Labute approximate surface area is 120 Å². The van der Waals surface area contributed by atoms with E-state index < -0.39 is 6.04 Å². The molecule has 112 valence electrons. The maximum absolute atomic E-state index is 12.3. The first-order chi connectivity index (χ1) is 9.60. The van der Waals surface area contributed by atoms with Crippen molar-refractivity contribution in [1.29, 1.82) is 0 Å². The summed E-state index contributed by atoms with van der Waals surface area (Å²) in [5, 5.41) is 9.37. The van der Waals surface area contributed by atoms with Gasteiger partial charge in [0.2, 0.25) is 5.91 Å². The molecule has 2 atom stereocenters. The molecule has 5 nitrogen and oxygen atoms in total. The third-order valence-electron chi connectivity index (χ3n) is 3.46. The van der Waals surface area contributed by atoms with Crippen molar-refractivity contribution in [1.82, 2.24) is 4.90 Å². The second-order valence-electron chi connectivity index (χ2n) is 5.01. The first kappa shape index (κ1) is 16.6. The van der Waals surface area contributed by atoms with Gasteiger partial charge in [0.25, 0.3) is 0 Å². The van der Waals surface area contributed by atoms with Gasteiger partial charge >= 0.3 is 0 Å². The van der Waals surface area contributed by atoms with Crippen LogP contribution in [-0.4, -0.2) is 48.2 Å². The van der Waals surface area contributed by atoms with E-state index in [4.69, 9.17) is 11.5 Å². The molecular formula is C15H25N3O2. The monoisotopic (exact) mass is 279 g/mol. The molecule has 1 aromatic carbocycles. The lowest BCUT2D eigenvalue weighted by molar-refractivity contribution is -0.134. The number of aliphatic hydroxyl groups excluding tert-OH is 1. The summed E-state index contributed by atoms with van der Waals surface area (Å²) in [7, 11) is 1.69. The van der Waals surface area contributed by atoms with Crippen LogP contribution < -0.4 is 11.5 Å². The van der Waals surface area contributed by atoms with Gasteiger partial charge in [0, 0.05) is 7.05 Å². The third kappa shape index (κ3) is 4.92. The average Bonchev–Trinajstić information content (AvgIpc) is 2.48. The van der Waals surface area contributed by atoms with Gasteiger partial charge in [-0.05, 0) is 31.4 Å². The average molecular weight is 279 g/mol. The van der Waals surface area contributed by atoms with Gasteiger partial charge in [-0.15, -0.1) is 0 Å². The number of aliphatic hydroxyl groups is 1. The van der Waals surface area contributed by atoms with Crippen LogP contribution in [0.2, 0.25) is 0 Å². The lowest BCUT2D eigenvalue weighted by Crippen LogP contribution is -2.48. The van der Waals surface area contributed by atoms with Gasteiger partial charge < -0.3 is 21.5 Å². The zero-order chi connectivity index (χ0) is 15.0. The van der Waals surface area contributed by atoms with Crippen molar-refractivity contribution < 1.29 is 9.90 Å². The van der Waals surface area contributed by atoms with Gasteiger partial charge in [-0.1, -0.05) is 30.3 Å². The number of nitrogens with two attached hydrogens (primary N) is 2. The van der Waals surface area contributed by atoms with Crippen molar-refractivity contribution in [2.24, 2.45) is 11.5 Å². The molecule has 0 radical (unpaired) electrons. The molecule has 20 heavy (non-hydrogen) atoms. The Bertz CT molecular complexity index is 397. The molecule has 0 bridgehead atoms. The quantitative estimate of drug-likeness (QED) is 0.630. The number of rotatable bonds is 8. The molecule has 1 rings (SSSR count). The summed E-state index contributed by atoms with van der Waals surface area (Å²) in [6.45, 7) is 0.481. The fourth-order valence-corrected chi connectivity index (χ4v) is 2.16. The third-order valence-corrected chi connectivity index (χ3v) is 3.46. The Morgan fingerprint density at radius 2 is 2.00 bits per heavy atom. The molecule has 1 amide bonds. The Morgan fingerprint density at radius 1 is 1.35 bits per heavy atom. The van der Waals surface area contributed by atoms with Crippen molar-refractivity contribution in [3.63, 3.8) is 0 Å². The summed E-state index contributed by atoms with van der Waals surface area (Å²) in [5.41, 5.74) is 12.5. The van der Waals surface area contributed by atoms with Crippen LogP contribution in [0.5, 0.6) is 0 Å².